The standard InChI is InChI=1S/C24H22Cl2N2O3S/c25-21-10-11-22(26)23(14-21)32(30,31)28(15-18-6-2-1-3-7-18)17-24(29)27-13-12-19-8-4-5-9-20(19)16-27/h1-11,14H,12-13,15-17H2. The number of carbonyl (C=O) groups excluding carboxylic acids is 1. The lowest BCUT2D eigenvalue weighted by molar-refractivity contribution is -0.132. The molecule has 8 heteroatoms. The van der Waals surface area contributed by atoms with Crippen molar-refractivity contribution in [3.8, 4) is 0 Å². The first-order chi connectivity index (χ1) is 15.3. The van der Waals surface area contributed by atoms with Crippen LogP contribution in [0.5, 0.6) is 0 Å². The molecular weight excluding hydrogens is 467 g/mol. The third-order valence-corrected chi connectivity index (χ3v) is 8.02. The van der Waals surface area contributed by atoms with Crippen molar-refractivity contribution < 1.29 is 13.2 Å². The number of rotatable bonds is 6. The molecule has 0 unspecified atom stereocenters. The highest BCUT2D eigenvalue weighted by Gasteiger charge is 2.31. The molecule has 5 nitrogen and oxygen atoms in total. The van der Waals surface area contributed by atoms with Crippen molar-refractivity contribution in [2.24, 2.45) is 0 Å². The summed E-state index contributed by atoms with van der Waals surface area (Å²) in [5, 5.41) is 0.318. The summed E-state index contributed by atoms with van der Waals surface area (Å²) in [5.74, 6) is -0.253. The van der Waals surface area contributed by atoms with Gasteiger partial charge < -0.3 is 4.90 Å². The molecule has 1 aliphatic rings. The van der Waals surface area contributed by atoms with E-state index in [-0.39, 0.29) is 33.9 Å². The summed E-state index contributed by atoms with van der Waals surface area (Å²) >= 11 is 12.3. The van der Waals surface area contributed by atoms with Crippen LogP contribution in [0.2, 0.25) is 10.0 Å². The van der Waals surface area contributed by atoms with Crippen molar-refractivity contribution >= 4 is 39.1 Å². The minimum atomic E-state index is -4.08. The Morgan fingerprint density at radius 1 is 0.938 bits per heavy atom. The smallest absolute Gasteiger partial charge is 0.245 e. The Morgan fingerprint density at radius 2 is 1.62 bits per heavy atom. The first-order valence-electron chi connectivity index (χ1n) is 10.2. The SMILES string of the molecule is O=C(CN(Cc1ccccc1)S(=O)(=O)c1cc(Cl)ccc1Cl)N1CCc2ccccc2C1. The first-order valence-corrected chi connectivity index (χ1v) is 12.4. The molecule has 4 rings (SSSR count). The lowest BCUT2D eigenvalue weighted by atomic mass is 10.00. The Balaban J connectivity index is 1.63. The fourth-order valence-corrected chi connectivity index (χ4v) is 5.90. The van der Waals surface area contributed by atoms with Gasteiger partial charge in [-0.1, -0.05) is 77.8 Å². The van der Waals surface area contributed by atoms with E-state index in [1.165, 1.54) is 28.1 Å². The maximum atomic E-state index is 13.5. The number of halogens is 2. The molecule has 1 heterocycles. The molecule has 3 aromatic carbocycles. The van der Waals surface area contributed by atoms with Gasteiger partial charge in [0, 0.05) is 24.7 Å². The van der Waals surface area contributed by atoms with Crippen molar-refractivity contribution in [3.05, 3.63) is 99.5 Å². The minimum Gasteiger partial charge on any atom is -0.337 e. The number of hydrogen-bond donors (Lipinski definition) is 0. The molecule has 0 fully saturated rings. The molecule has 0 bridgehead atoms. The lowest BCUT2D eigenvalue weighted by Gasteiger charge is -2.31. The van der Waals surface area contributed by atoms with E-state index in [2.05, 4.69) is 6.07 Å². The average Bonchev–Trinajstić information content (AvgIpc) is 2.80. The maximum Gasteiger partial charge on any atom is 0.245 e. The molecular formula is C24H22Cl2N2O3S. The Labute approximate surface area is 198 Å². The van der Waals surface area contributed by atoms with E-state index in [9.17, 15) is 13.2 Å². The predicted octanol–water partition coefficient (Wildman–Crippen LogP) is 4.77. The summed E-state index contributed by atoms with van der Waals surface area (Å²) in [7, 11) is -4.08. The monoisotopic (exact) mass is 488 g/mol. The first kappa shape index (κ1) is 22.8. The minimum absolute atomic E-state index is 0.0438. The van der Waals surface area contributed by atoms with Gasteiger partial charge in [-0.25, -0.2) is 8.42 Å². The second-order valence-corrected chi connectivity index (χ2v) is 10.4. The Morgan fingerprint density at radius 3 is 2.38 bits per heavy atom. The molecule has 0 N–H and O–H groups in total. The number of hydrogen-bond acceptors (Lipinski definition) is 3. The predicted molar refractivity (Wildman–Crippen MR) is 126 cm³/mol. The van der Waals surface area contributed by atoms with Crippen LogP contribution in [0.3, 0.4) is 0 Å². The average molecular weight is 489 g/mol. The van der Waals surface area contributed by atoms with Gasteiger partial charge in [-0.3, -0.25) is 4.79 Å². The van der Waals surface area contributed by atoms with E-state index < -0.39 is 10.0 Å². The largest absolute Gasteiger partial charge is 0.337 e. The highest BCUT2D eigenvalue weighted by atomic mass is 35.5. The van der Waals surface area contributed by atoms with Crippen LogP contribution in [0.4, 0.5) is 0 Å². The van der Waals surface area contributed by atoms with Gasteiger partial charge in [0.2, 0.25) is 15.9 Å². The van der Waals surface area contributed by atoms with Crippen molar-refractivity contribution in [3.63, 3.8) is 0 Å². The molecule has 0 aromatic heterocycles. The summed E-state index contributed by atoms with van der Waals surface area (Å²) in [6, 6.07) is 21.4. The van der Waals surface area contributed by atoms with E-state index in [0.29, 0.717) is 13.1 Å². The van der Waals surface area contributed by atoms with Crippen molar-refractivity contribution in [1.29, 1.82) is 0 Å². The molecule has 32 heavy (non-hydrogen) atoms. The van der Waals surface area contributed by atoms with Gasteiger partial charge in [0.05, 0.1) is 11.6 Å². The quantitative estimate of drug-likeness (QED) is 0.502. The second-order valence-electron chi connectivity index (χ2n) is 7.67. The van der Waals surface area contributed by atoms with Gasteiger partial charge >= 0.3 is 0 Å². The molecule has 1 amide bonds. The summed E-state index contributed by atoms with van der Waals surface area (Å²) < 4.78 is 28.2. The van der Waals surface area contributed by atoms with E-state index in [4.69, 9.17) is 23.2 Å². The Hall–Kier alpha value is -2.38. The molecule has 3 aromatic rings. The number of amides is 1. The maximum absolute atomic E-state index is 13.5. The second kappa shape index (κ2) is 9.63. The number of benzene rings is 3. The highest BCUT2D eigenvalue weighted by molar-refractivity contribution is 7.89. The van der Waals surface area contributed by atoms with Gasteiger partial charge in [-0.15, -0.1) is 0 Å². The molecule has 0 atom stereocenters. The van der Waals surface area contributed by atoms with Gasteiger partial charge in [0.15, 0.2) is 0 Å². The number of fused-ring (bicyclic) bond motifs is 1. The summed E-state index contributed by atoms with van der Waals surface area (Å²) in [4.78, 5) is 14.8. The fraction of sp³-hybridized carbons (Fsp3) is 0.208. The van der Waals surface area contributed by atoms with Crippen LogP contribution in [0.15, 0.2) is 77.7 Å². The highest BCUT2D eigenvalue weighted by Crippen LogP contribution is 2.29. The van der Waals surface area contributed by atoms with Crippen LogP contribution in [-0.4, -0.2) is 36.6 Å². The van der Waals surface area contributed by atoms with Crippen LogP contribution in [-0.2, 0) is 34.3 Å². The molecule has 0 spiro atoms. The molecule has 0 saturated heterocycles. The van der Waals surface area contributed by atoms with Gasteiger partial charge in [-0.05, 0) is 41.3 Å². The van der Waals surface area contributed by atoms with E-state index in [1.807, 2.05) is 48.5 Å². The zero-order valence-corrected chi connectivity index (χ0v) is 19.6. The van der Waals surface area contributed by atoms with Crippen molar-refractivity contribution in [1.82, 2.24) is 9.21 Å². The summed E-state index contributed by atoms with van der Waals surface area (Å²) in [5.41, 5.74) is 3.07. The molecule has 0 aliphatic carbocycles. The number of nitrogens with zero attached hydrogens (tertiary/aromatic N) is 2. The van der Waals surface area contributed by atoms with Crippen LogP contribution in [0.25, 0.3) is 0 Å². The normalized spacial score (nSPS) is 13.8. The fourth-order valence-electron chi connectivity index (χ4n) is 3.79. The topological polar surface area (TPSA) is 57.7 Å². The van der Waals surface area contributed by atoms with Crippen molar-refractivity contribution in [2.75, 3.05) is 13.1 Å². The van der Waals surface area contributed by atoms with E-state index >= 15 is 0 Å². The zero-order chi connectivity index (χ0) is 22.7. The Kier molecular flexibility index (Phi) is 6.86. The van der Waals surface area contributed by atoms with Gasteiger partial charge in [0.25, 0.3) is 0 Å². The van der Waals surface area contributed by atoms with E-state index in [1.54, 1.807) is 4.90 Å². The summed E-state index contributed by atoms with van der Waals surface area (Å²) in [6.45, 7) is 0.767. The van der Waals surface area contributed by atoms with Crippen LogP contribution in [0, 0.1) is 0 Å². The van der Waals surface area contributed by atoms with Gasteiger partial charge in [-0.2, -0.15) is 4.31 Å². The van der Waals surface area contributed by atoms with E-state index in [0.717, 1.165) is 17.5 Å². The third-order valence-electron chi connectivity index (χ3n) is 5.51. The van der Waals surface area contributed by atoms with Crippen molar-refractivity contribution in [2.45, 2.75) is 24.4 Å². The molecule has 1 aliphatic heterocycles. The zero-order valence-electron chi connectivity index (χ0n) is 17.2. The number of carbonyl (C=O) groups is 1. The van der Waals surface area contributed by atoms with Gasteiger partial charge in [0.1, 0.15) is 4.90 Å². The lowest BCUT2D eigenvalue weighted by Crippen LogP contribution is -2.44. The van der Waals surface area contributed by atoms with Crippen LogP contribution < -0.4 is 0 Å². The third kappa shape index (κ3) is 4.99. The Bertz CT molecular complexity index is 1230. The molecule has 166 valence electrons. The summed E-state index contributed by atoms with van der Waals surface area (Å²) in [6.07, 6.45) is 0.744. The molecule has 0 saturated carbocycles. The van der Waals surface area contributed by atoms with Crippen LogP contribution >= 0.6 is 23.2 Å². The van der Waals surface area contributed by atoms with Crippen LogP contribution in [0.1, 0.15) is 16.7 Å². The number of sulfonamides is 1. The molecule has 0 radical (unpaired) electrons.